The van der Waals surface area contributed by atoms with Crippen LogP contribution in [0.25, 0.3) is 0 Å². The van der Waals surface area contributed by atoms with E-state index < -0.39 is 10.1 Å². The van der Waals surface area contributed by atoms with Crippen molar-refractivity contribution in [1.82, 2.24) is 0 Å². The Hall–Kier alpha value is -1.84. The summed E-state index contributed by atoms with van der Waals surface area (Å²) in [6.07, 6.45) is 0.290. The summed E-state index contributed by atoms with van der Waals surface area (Å²) >= 11 is 1.10. The molecule has 0 radical (unpaired) electrons. The number of nitriles is 1. The zero-order valence-corrected chi connectivity index (χ0v) is 10.9. The van der Waals surface area contributed by atoms with Gasteiger partial charge in [0.05, 0.1) is 12.5 Å². The molecule has 2 aromatic rings. The molecule has 2 rings (SSSR count). The molecule has 4 nitrogen and oxygen atoms in total. The Kier molecular flexibility index (Phi) is 3.65. The minimum Gasteiger partial charge on any atom is -0.378 e. The molecule has 0 saturated heterocycles. The Morgan fingerprint density at radius 1 is 1.22 bits per heavy atom. The maximum absolute atomic E-state index is 11.8. The molecule has 0 unspecified atom stereocenters. The molecule has 0 aliphatic rings. The maximum atomic E-state index is 11.8. The molecule has 0 aliphatic carbocycles. The van der Waals surface area contributed by atoms with Gasteiger partial charge in [0, 0.05) is 0 Å². The summed E-state index contributed by atoms with van der Waals surface area (Å²) < 4.78 is 28.8. The Morgan fingerprint density at radius 2 is 1.94 bits per heavy atom. The molecule has 0 spiro atoms. The predicted molar refractivity (Wildman–Crippen MR) is 67.9 cm³/mol. The highest BCUT2D eigenvalue weighted by molar-refractivity contribution is 7.89. The number of nitrogens with zero attached hydrogens (tertiary/aromatic N) is 1. The smallest absolute Gasteiger partial charge is 0.348 e. The van der Waals surface area contributed by atoms with E-state index in [1.165, 1.54) is 18.2 Å². The summed E-state index contributed by atoms with van der Waals surface area (Å²) in [4.78, 5) is 0. The van der Waals surface area contributed by atoms with Gasteiger partial charge in [-0.25, -0.2) is 0 Å². The first-order valence-electron chi connectivity index (χ1n) is 5.06. The molecule has 92 valence electrons. The third kappa shape index (κ3) is 2.88. The van der Waals surface area contributed by atoms with E-state index >= 15 is 0 Å². The fraction of sp³-hybridized carbons (Fsp3) is 0.0833. The van der Waals surface area contributed by atoms with E-state index in [0.29, 0.717) is 0 Å². The first-order valence-corrected chi connectivity index (χ1v) is 7.34. The van der Waals surface area contributed by atoms with Gasteiger partial charge >= 0.3 is 10.1 Å². The Morgan fingerprint density at radius 3 is 2.50 bits per heavy atom. The van der Waals surface area contributed by atoms with Gasteiger partial charge in [-0.3, -0.25) is 0 Å². The summed E-state index contributed by atoms with van der Waals surface area (Å²) in [6.45, 7) is 0. The van der Waals surface area contributed by atoms with Crippen molar-refractivity contribution in [3.05, 3.63) is 47.3 Å². The van der Waals surface area contributed by atoms with E-state index in [0.717, 1.165) is 16.9 Å². The number of thiophene rings is 1. The molecule has 18 heavy (non-hydrogen) atoms. The third-order valence-corrected chi connectivity index (χ3v) is 4.76. The summed E-state index contributed by atoms with van der Waals surface area (Å²) in [6, 6.07) is 11.6. The Labute approximate surface area is 109 Å². The summed E-state index contributed by atoms with van der Waals surface area (Å²) in [7, 11) is -3.74. The quantitative estimate of drug-likeness (QED) is 0.807. The van der Waals surface area contributed by atoms with E-state index in [1.807, 2.05) is 6.07 Å². The van der Waals surface area contributed by atoms with Crippen molar-refractivity contribution < 1.29 is 12.6 Å². The first kappa shape index (κ1) is 12.6. The van der Waals surface area contributed by atoms with Crippen LogP contribution in [0.4, 0.5) is 0 Å². The number of benzene rings is 1. The average molecular weight is 279 g/mol. The van der Waals surface area contributed by atoms with Crippen molar-refractivity contribution in [2.24, 2.45) is 0 Å². The standard InChI is InChI=1S/C12H9NO3S2/c13-8-7-10-3-5-11(6-4-10)16-18(14,15)12-2-1-9-17-12/h1-6,9H,7H2. The number of rotatable bonds is 4. The van der Waals surface area contributed by atoms with Crippen LogP contribution in [0.2, 0.25) is 0 Å². The van der Waals surface area contributed by atoms with Crippen molar-refractivity contribution in [3.8, 4) is 11.8 Å². The molecular weight excluding hydrogens is 270 g/mol. The first-order chi connectivity index (χ1) is 8.62. The Balaban J connectivity index is 2.17. The molecule has 1 heterocycles. The fourth-order valence-electron chi connectivity index (χ4n) is 1.33. The number of hydrogen-bond donors (Lipinski definition) is 0. The highest BCUT2D eigenvalue weighted by Gasteiger charge is 2.17. The molecule has 0 fully saturated rings. The zero-order chi connectivity index (χ0) is 13.0. The maximum Gasteiger partial charge on any atom is 0.348 e. The summed E-state index contributed by atoms with van der Waals surface area (Å²) in [5.74, 6) is 0.241. The SMILES string of the molecule is N#CCc1ccc(OS(=O)(=O)c2cccs2)cc1. The van der Waals surface area contributed by atoms with Gasteiger partial charge in [0.1, 0.15) is 5.75 Å². The van der Waals surface area contributed by atoms with Crippen LogP contribution in [-0.4, -0.2) is 8.42 Å². The lowest BCUT2D eigenvalue weighted by Gasteiger charge is -2.05. The lowest BCUT2D eigenvalue weighted by Crippen LogP contribution is -2.07. The fourth-order valence-corrected chi connectivity index (χ4v) is 3.21. The molecular formula is C12H9NO3S2. The monoisotopic (exact) mass is 279 g/mol. The Bertz CT molecular complexity index is 652. The molecule has 0 bridgehead atoms. The van der Waals surface area contributed by atoms with Gasteiger partial charge in [-0.05, 0) is 29.1 Å². The van der Waals surface area contributed by atoms with Gasteiger partial charge in [-0.2, -0.15) is 13.7 Å². The predicted octanol–water partition coefficient (Wildman–Crippen LogP) is 2.58. The number of hydrogen-bond acceptors (Lipinski definition) is 5. The highest BCUT2D eigenvalue weighted by atomic mass is 32.3. The summed E-state index contributed by atoms with van der Waals surface area (Å²) in [5.41, 5.74) is 0.818. The van der Waals surface area contributed by atoms with Crippen molar-refractivity contribution in [1.29, 1.82) is 5.26 Å². The molecule has 1 aromatic heterocycles. The molecule has 0 aliphatic heterocycles. The van der Waals surface area contributed by atoms with E-state index in [2.05, 4.69) is 0 Å². The van der Waals surface area contributed by atoms with E-state index in [1.54, 1.807) is 23.6 Å². The largest absolute Gasteiger partial charge is 0.378 e. The van der Waals surface area contributed by atoms with Gasteiger partial charge in [-0.1, -0.05) is 18.2 Å². The van der Waals surface area contributed by atoms with Crippen LogP contribution in [0.1, 0.15) is 5.56 Å². The lowest BCUT2D eigenvalue weighted by atomic mass is 10.2. The summed E-state index contributed by atoms with van der Waals surface area (Å²) in [5, 5.41) is 10.2. The van der Waals surface area contributed by atoms with Crippen LogP contribution in [0, 0.1) is 11.3 Å². The van der Waals surface area contributed by atoms with Gasteiger partial charge in [-0.15, -0.1) is 11.3 Å². The second-order valence-corrected chi connectivity index (χ2v) is 6.17. The van der Waals surface area contributed by atoms with Crippen LogP contribution in [0.5, 0.6) is 5.75 Å². The zero-order valence-electron chi connectivity index (χ0n) is 9.24. The van der Waals surface area contributed by atoms with Crippen molar-refractivity contribution in [3.63, 3.8) is 0 Å². The van der Waals surface area contributed by atoms with Gasteiger partial charge in [0.25, 0.3) is 0 Å². The lowest BCUT2D eigenvalue weighted by molar-refractivity contribution is 0.488. The highest BCUT2D eigenvalue weighted by Crippen LogP contribution is 2.22. The normalized spacial score (nSPS) is 10.8. The van der Waals surface area contributed by atoms with Crippen LogP contribution in [0.3, 0.4) is 0 Å². The molecule has 0 saturated carbocycles. The molecule has 0 amide bonds. The van der Waals surface area contributed by atoms with E-state index in [9.17, 15) is 8.42 Å². The van der Waals surface area contributed by atoms with Crippen molar-refractivity contribution in [2.45, 2.75) is 10.6 Å². The molecule has 0 N–H and O–H groups in total. The van der Waals surface area contributed by atoms with Gasteiger partial charge in [0.2, 0.25) is 0 Å². The van der Waals surface area contributed by atoms with Crippen LogP contribution >= 0.6 is 11.3 Å². The third-order valence-electron chi connectivity index (χ3n) is 2.15. The minimum atomic E-state index is -3.74. The van der Waals surface area contributed by atoms with E-state index in [4.69, 9.17) is 9.44 Å². The molecule has 6 heteroatoms. The van der Waals surface area contributed by atoms with Crippen LogP contribution < -0.4 is 4.18 Å². The second kappa shape index (κ2) is 5.21. The molecule has 1 aromatic carbocycles. The average Bonchev–Trinajstić information content (AvgIpc) is 2.86. The van der Waals surface area contributed by atoms with Crippen LogP contribution in [-0.2, 0) is 16.5 Å². The van der Waals surface area contributed by atoms with Crippen molar-refractivity contribution >= 4 is 21.5 Å². The van der Waals surface area contributed by atoms with E-state index in [-0.39, 0.29) is 16.4 Å². The van der Waals surface area contributed by atoms with Gasteiger partial charge in [0.15, 0.2) is 4.21 Å². The molecule has 0 atom stereocenters. The minimum absolute atomic E-state index is 0.170. The second-order valence-electron chi connectivity index (χ2n) is 3.45. The topological polar surface area (TPSA) is 67.2 Å². The van der Waals surface area contributed by atoms with Gasteiger partial charge < -0.3 is 4.18 Å². The van der Waals surface area contributed by atoms with Crippen molar-refractivity contribution in [2.75, 3.05) is 0 Å². The van der Waals surface area contributed by atoms with Crippen LogP contribution in [0.15, 0.2) is 46.0 Å².